The van der Waals surface area contributed by atoms with Crippen LogP contribution in [0.3, 0.4) is 0 Å². The summed E-state index contributed by atoms with van der Waals surface area (Å²) in [7, 11) is 1.88. The van der Waals surface area contributed by atoms with Gasteiger partial charge in [-0.3, -0.25) is 0 Å². The van der Waals surface area contributed by atoms with Crippen molar-refractivity contribution < 1.29 is 27.1 Å². The largest absolute Gasteiger partial charge is 0.493 e. The summed E-state index contributed by atoms with van der Waals surface area (Å²) in [6.07, 6.45) is 1.64. The van der Waals surface area contributed by atoms with Crippen molar-refractivity contribution in [2.24, 2.45) is 0 Å². The molecule has 2 aromatic rings. The number of nitrogens with zero attached hydrogens (tertiary/aromatic N) is 3. The number of alkyl halides is 3. The summed E-state index contributed by atoms with van der Waals surface area (Å²) in [6.45, 7) is 8.48. The van der Waals surface area contributed by atoms with Crippen LogP contribution in [0.15, 0.2) is 22.6 Å². The lowest BCUT2D eigenvalue weighted by molar-refractivity contribution is -0.138. The predicted molar refractivity (Wildman–Crippen MR) is 121 cm³/mol. The number of rotatable bonds is 10. The van der Waals surface area contributed by atoms with Crippen molar-refractivity contribution in [3.8, 4) is 17.2 Å². The Morgan fingerprint density at radius 3 is 2.42 bits per heavy atom. The summed E-state index contributed by atoms with van der Waals surface area (Å²) in [5.74, 6) is 0.136. The van der Waals surface area contributed by atoms with Crippen LogP contribution in [0.1, 0.15) is 77.7 Å². The predicted octanol–water partition coefficient (Wildman–Crippen LogP) is 5.33. The van der Waals surface area contributed by atoms with E-state index in [0.717, 1.165) is 38.2 Å². The highest BCUT2D eigenvalue weighted by Gasteiger charge is 2.50. The maximum Gasteiger partial charge on any atom is 0.419 e. The molecule has 1 unspecified atom stereocenters. The van der Waals surface area contributed by atoms with Gasteiger partial charge in [-0.15, -0.1) is 10.2 Å². The SMILES string of the molecule is BN1C(C)(C)OCC1(C)c1nnc(-c2ccc(OCCCCCCCC)c(C(F)(F)F)c2)o1. The number of halogens is 3. The number of aromatic nitrogens is 2. The van der Waals surface area contributed by atoms with E-state index < -0.39 is 23.0 Å². The van der Waals surface area contributed by atoms with Gasteiger partial charge in [-0.1, -0.05) is 39.0 Å². The molecule has 0 aliphatic carbocycles. The first-order valence-electron chi connectivity index (χ1n) is 11.6. The molecule has 0 saturated carbocycles. The van der Waals surface area contributed by atoms with E-state index in [2.05, 4.69) is 17.1 Å². The third-order valence-electron chi connectivity index (χ3n) is 6.43. The second-order valence-corrected chi connectivity index (χ2v) is 9.31. The van der Waals surface area contributed by atoms with Crippen LogP contribution >= 0.6 is 0 Å². The fraction of sp³-hybridized carbons (Fsp3) is 0.652. The highest BCUT2D eigenvalue weighted by molar-refractivity contribution is 6.05. The van der Waals surface area contributed by atoms with Crippen molar-refractivity contribution in [1.29, 1.82) is 0 Å². The minimum absolute atomic E-state index is 0.0253. The first-order chi connectivity index (χ1) is 15.5. The highest BCUT2D eigenvalue weighted by Crippen LogP contribution is 2.41. The monoisotopic (exact) mass is 467 g/mol. The molecule has 1 fully saturated rings. The zero-order chi connectivity index (χ0) is 24.3. The Morgan fingerprint density at radius 1 is 1.09 bits per heavy atom. The van der Waals surface area contributed by atoms with Gasteiger partial charge < -0.3 is 18.7 Å². The second-order valence-electron chi connectivity index (χ2n) is 9.31. The Balaban J connectivity index is 1.75. The summed E-state index contributed by atoms with van der Waals surface area (Å²) in [6, 6.07) is 3.86. The minimum Gasteiger partial charge on any atom is -0.493 e. The van der Waals surface area contributed by atoms with E-state index in [0.29, 0.717) is 12.5 Å². The molecule has 33 heavy (non-hydrogen) atoms. The van der Waals surface area contributed by atoms with E-state index in [1.54, 1.807) is 0 Å². The Labute approximate surface area is 194 Å². The van der Waals surface area contributed by atoms with E-state index in [1.165, 1.54) is 18.6 Å². The van der Waals surface area contributed by atoms with Crippen LogP contribution in [0.25, 0.3) is 11.5 Å². The van der Waals surface area contributed by atoms with Gasteiger partial charge in [0.15, 0.2) is 7.98 Å². The van der Waals surface area contributed by atoms with Gasteiger partial charge in [0.25, 0.3) is 0 Å². The lowest BCUT2D eigenvalue weighted by atomic mass is 9.96. The summed E-state index contributed by atoms with van der Waals surface area (Å²) in [5.41, 5.74) is -1.86. The van der Waals surface area contributed by atoms with Crippen molar-refractivity contribution in [3.05, 3.63) is 29.7 Å². The topological polar surface area (TPSA) is 60.6 Å². The van der Waals surface area contributed by atoms with Crippen LogP contribution in [0.4, 0.5) is 13.2 Å². The van der Waals surface area contributed by atoms with Crippen LogP contribution in [0.2, 0.25) is 0 Å². The molecule has 3 rings (SSSR count). The van der Waals surface area contributed by atoms with Gasteiger partial charge >= 0.3 is 6.18 Å². The van der Waals surface area contributed by atoms with Gasteiger partial charge in [-0.2, -0.15) is 13.2 Å². The molecule has 182 valence electrons. The fourth-order valence-corrected chi connectivity index (χ4v) is 3.94. The fourth-order valence-electron chi connectivity index (χ4n) is 3.94. The molecule has 10 heteroatoms. The van der Waals surface area contributed by atoms with E-state index in [-0.39, 0.29) is 23.8 Å². The number of benzene rings is 1. The van der Waals surface area contributed by atoms with E-state index in [4.69, 9.17) is 13.9 Å². The summed E-state index contributed by atoms with van der Waals surface area (Å²) in [4.78, 5) is 1.97. The van der Waals surface area contributed by atoms with Gasteiger partial charge in [0.05, 0.1) is 18.8 Å². The highest BCUT2D eigenvalue weighted by atomic mass is 19.4. The summed E-state index contributed by atoms with van der Waals surface area (Å²) >= 11 is 0. The maximum atomic E-state index is 13.7. The van der Waals surface area contributed by atoms with Gasteiger partial charge in [-0.05, 0) is 45.4 Å². The van der Waals surface area contributed by atoms with Crippen molar-refractivity contribution >= 4 is 7.98 Å². The average Bonchev–Trinajstić information content (AvgIpc) is 3.33. The van der Waals surface area contributed by atoms with Gasteiger partial charge in [0.1, 0.15) is 17.0 Å². The Morgan fingerprint density at radius 2 is 1.79 bits per heavy atom. The normalized spacial score (nSPS) is 20.9. The van der Waals surface area contributed by atoms with Gasteiger partial charge in [0, 0.05) is 5.56 Å². The Kier molecular flexibility index (Phi) is 7.78. The minimum atomic E-state index is -4.56. The molecular formula is C23H33BF3N3O3. The number of unbranched alkanes of at least 4 members (excludes halogenated alkanes) is 5. The number of ether oxygens (including phenoxy) is 2. The van der Waals surface area contributed by atoms with Crippen LogP contribution in [-0.4, -0.2) is 41.9 Å². The van der Waals surface area contributed by atoms with Crippen LogP contribution in [-0.2, 0) is 16.5 Å². The van der Waals surface area contributed by atoms with Crippen LogP contribution < -0.4 is 4.74 Å². The molecule has 6 nitrogen and oxygen atoms in total. The molecule has 2 heterocycles. The summed E-state index contributed by atoms with van der Waals surface area (Å²) < 4.78 is 58.3. The molecule has 1 saturated heterocycles. The molecule has 0 spiro atoms. The summed E-state index contributed by atoms with van der Waals surface area (Å²) in [5, 5.41) is 8.13. The molecular weight excluding hydrogens is 434 g/mol. The third kappa shape index (κ3) is 5.71. The molecule has 1 aliphatic heterocycles. The number of hydrogen-bond donors (Lipinski definition) is 0. The quantitative estimate of drug-likeness (QED) is 0.348. The molecule has 1 aromatic heterocycles. The van der Waals surface area contributed by atoms with Crippen molar-refractivity contribution in [2.45, 2.75) is 83.7 Å². The van der Waals surface area contributed by atoms with E-state index in [1.807, 2.05) is 33.6 Å². The van der Waals surface area contributed by atoms with Crippen molar-refractivity contribution in [1.82, 2.24) is 15.0 Å². The lowest BCUT2D eigenvalue weighted by Gasteiger charge is -2.34. The Hall–Kier alpha value is -2.07. The average molecular weight is 467 g/mol. The van der Waals surface area contributed by atoms with Crippen LogP contribution in [0, 0.1) is 0 Å². The maximum absolute atomic E-state index is 13.7. The molecule has 0 radical (unpaired) electrons. The Bertz CT molecular complexity index is 935. The smallest absolute Gasteiger partial charge is 0.419 e. The van der Waals surface area contributed by atoms with E-state index >= 15 is 0 Å². The molecule has 0 bridgehead atoms. The first kappa shape index (κ1) is 25.6. The zero-order valence-electron chi connectivity index (χ0n) is 20.1. The van der Waals surface area contributed by atoms with Gasteiger partial charge in [-0.25, -0.2) is 0 Å². The standard InChI is InChI=1S/C23H33BF3N3O3/c1-5-6-7-8-9-10-13-31-18-12-11-16(14-17(18)23(25,26)27)19-28-29-20(33-19)22(4)15-32-21(2,3)30(22)24/h11-12,14H,5-10,13,15,24H2,1-4H3. The molecule has 0 N–H and O–H groups in total. The van der Waals surface area contributed by atoms with Crippen molar-refractivity contribution in [2.75, 3.05) is 13.2 Å². The van der Waals surface area contributed by atoms with Crippen molar-refractivity contribution in [3.63, 3.8) is 0 Å². The molecule has 1 atom stereocenters. The number of hydrogen-bond acceptors (Lipinski definition) is 6. The first-order valence-corrected chi connectivity index (χ1v) is 11.6. The molecule has 0 amide bonds. The molecule has 1 aromatic carbocycles. The zero-order valence-corrected chi connectivity index (χ0v) is 20.1. The van der Waals surface area contributed by atoms with E-state index in [9.17, 15) is 13.2 Å². The van der Waals surface area contributed by atoms with Crippen LogP contribution in [0.5, 0.6) is 5.75 Å². The molecule has 1 aliphatic rings. The second kappa shape index (κ2) is 10.1. The lowest BCUT2D eigenvalue weighted by Crippen LogP contribution is -2.47. The third-order valence-corrected chi connectivity index (χ3v) is 6.43. The van der Waals surface area contributed by atoms with Gasteiger partial charge in [0.2, 0.25) is 11.8 Å².